The highest BCUT2D eigenvalue weighted by Crippen LogP contribution is 2.24. The van der Waals surface area contributed by atoms with Gasteiger partial charge in [0.2, 0.25) is 0 Å². The van der Waals surface area contributed by atoms with Gasteiger partial charge in [0.1, 0.15) is 5.82 Å². The van der Waals surface area contributed by atoms with Crippen LogP contribution >= 0.6 is 15.9 Å². The molecule has 0 amide bonds. The van der Waals surface area contributed by atoms with Gasteiger partial charge in [-0.2, -0.15) is 0 Å². The lowest BCUT2D eigenvalue weighted by molar-refractivity contribution is 0.627. The van der Waals surface area contributed by atoms with E-state index in [9.17, 15) is 4.39 Å². The van der Waals surface area contributed by atoms with Crippen LogP contribution < -0.4 is 10.6 Å². The van der Waals surface area contributed by atoms with E-state index in [1.54, 1.807) is 12.1 Å². The third-order valence-electron chi connectivity index (χ3n) is 3.03. The maximum Gasteiger partial charge on any atom is 0.123 e. The first-order valence-electron chi connectivity index (χ1n) is 6.04. The summed E-state index contributed by atoms with van der Waals surface area (Å²) in [6, 6.07) is 12.7. The van der Waals surface area contributed by atoms with E-state index in [1.807, 2.05) is 25.2 Å². The second-order valence-electron chi connectivity index (χ2n) is 4.46. The van der Waals surface area contributed by atoms with Gasteiger partial charge >= 0.3 is 0 Å². The van der Waals surface area contributed by atoms with Gasteiger partial charge in [-0.3, -0.25) is 0 Å². The molecule has 2 aromatic carbocycles. The molecule has 4 heteroatoms. The number of benzene rings is 2. The average molecular weight is 323 g/mol. The zero-order valence-corrected chi connectivity index (χ0v) is 12.3. The summed E-state index contributed by atoms with van der Waals surface area (Å²) < 4.78 is 13.9. The predicted molar refractivity (Wildman–Crippen MR) is 80.5 cm³/mol. The zero-order chi connectivity index (χ0) is 13.8. The minimum atomic E-state index is -0.207. The van der Waals surface area contributed by atoms with Gasteiger partial charge in [-0.15, -0.1) is 0 Å². The van der Waals surface area contributed by atoms with Crippen LogP contribution in [-0.2, 0) is 13.1 Å². The summed E-state index contributed by atoms with van der Waals surface area (Å²) in [4.78, 5) is 2.11. The summed E-state index contributed by atoms with van der Waals surface area (Å²) in [6.45, 7) is 1.25. The number of nitrogens with zero attached hydrogens (tertiary/aromatic N) is 1. The Morgan fingerprint density at radius 2 is 1.84 bits per heavy atom. The van der Waals surface area contributed by atoms with Gasteiger partial charge < -0.3 is 10.6 Å². The maximum atomic E-state index is 12.9. The van der Waals surface area contributed by atoms with E-state index >= 15 is 0 Å². The highest BCUT2D eigenvalue weighted by atomic mass is 79.9. The molecule has 0 aliphatic carbocycles. The largest absolute Gasteiger partial charge is 0.370 e. The molecule has 0 spiro atoms. The van der Waals surface area contributed by atoms with E-state index in [1.165, 1.54) is 12.1 Å². The van der Waals surface area contributed by atoms with Crippen LogP contribution in [0.5, 0.6) is 0 Å². The Kier molecular flexibility index (Phi) is 4.56. The van der Waals surface area contributed by atoms with E-state index in [4.69, 9.17) is 5.73 Å². The molecular formula is C15H16BrFN2. The molecule has 100 valence electrons. The molecule has 0 saturated carbocycles. The summed E-state index contributed by atoms with van der Waals surface area (Å²) in [7, 11) is 2.01. The van der Waals surface area contributed by atoms with Crippen LogP contribution in [0.3, 0.4) is 0 Å². The fourth-order valence-electron chi connectivity index (χ4n) is 1.89. The standard InChI is InChI=1S/C15H16BrFN2/c1-19(10-11-2-5-13(17)6-3-11)14-7-4-12(9-18)15(16)8-14/h2-8H,9-10,18H2,1H3. The lowest BCUT2D eigenvalue weighted by atomic mass is 10.1. The van der Waals surface area contributed by atoms with Gasteiger partial charge in [-0.25, -0.2) is 4.39 Å². The molecule has 0 bridgehead atoms. The Morgan fingerprint density at radius 1 is 1.16 bits per heavy atom. The molecule has 0 aliphatic heterocycles. The van der Waals surface area contributed by atoms with Gasteiger partial charge in [-0.05, 0) is 35.4 Å². The molecule has 19 heavy (non-hydrogen) atoms. The SMILES string of the molecule is CN(Cc1ccc(F)cc1)c1ccc(CN)c(Br)c1. The molecule has 0 fully saturated rings. The second-order valence-corrected chi connectivity index (χ2v) is 5.32. The average Bonchev–Trinajstić information content (AvgIpc) is 2.41. The molecule has 0 aromatic heterocycles. The van der Waals surface area contributed by atoms with Crippen molar-refractivity contribution >= 4 is 21.6 Å². The number of nitrogens with two attached hydrogens (primary N) is 1. The topological polar surface area (TPSA) is 29.3 Å². The first-order valence-corrected chi connectivity index (χ1v) is 6.83. The Labute approximate surface area is 121 Å². The van der Waals surface area contributed by atoms with Gasteiger partial charge in [0.15, 0.2) is 0 Å². The van der Waals surface area contributed by atoms with Crippen molar-refractivity contribution in [3.05, 3.63) is 63.9 Å². The highest BCUT2D eigenvalue weighted by molar-refractivity contribution is 9.10. The van der Waals surface area contributed by atoms with Crippen LogP contribution in [0, 0.1) is 5.82 Å². The van der Waals surface area contributed by atoms with Crippen LogP contribution in [0.25, 0.3) is 0 Å². The van der Waals surface area contributed by atoms with E-state index in [0.29, 0.717) is 6.54 Å². The molecule has 2 aromatic rings. The van der Waals surface area contributed by atoms with E-state index in [-0.39, 0.29) is 5.82 Å². The van der Waals surface area contributed by atoms with Crippen molar-refractivity contribution in [2.75, 3.05) is 11.9 Å². The summed E-state index contributed by atoms with van der Waals surface area (Å²) in [6.07, 6.45) is 0. The fourth-order valence-corrected chi connectivity index (χ4v) is 2.42. The fraction of sp³-hybridized carbons (Fsp3) is 0.200. The van der Waals surface area contributed by atoms with Crippen molar-refractivity contribution in [3.8, 4) is 0 Å². The zero-order valence-electron chi connectivity index (χ0n) is 10.7. The van der Waals surface area contributed by atoms with Gasteiger partial charge in [0.05, 0.1) is 0 Å². The third kappa shape index (κ3) is 3.55. The number of hydrogen-bond acceptors (Lipinski definition) is 2. The van der Waals surface area contributed by atoms with Crippen molar-refractivity contribution in [2.45, 2.75) is 13.1 Å². The Hall–Kier alpha value is -1.39. The molecule has 2 nitrogen and oxygen atoms in total. The first-order chi connectivity index (χ1) is 9.10. The van der Waals surface area contributed by atoms with Crippen LogP contribution in [0.15, 0.2) is 46.9 Å². The molecule has 0 aliphatic rings. The van der Waals surface area contributed by atoms with E-state index in [0.717, 1.165) is 27.8 Å². The first kappa shape index (κ1) is 14.0. The smallest absolute Gasteiger partial charge is 0.123 e. The van der Waals surface area contributed by atoms with Crippen molar-refractivity contribution in [3.63, 3.8) is 0 Å². The van der Waals surface area contributed by atoms with Crippen molar-refractivity contribution in [1.29, 1.82) is 0 Å². The Morgan fingerprint density at radius 3 is 2.42 bits per heavy atom. The summed E-state index contributed by atoms with van der Waals surface area (Å²) in [5.41, 5.74) is 8.88. The highest BCUT2D eigenvalue weighted by Gasteiger charge is 2.05. The number of rotatable bonds is 4. The van der Waals surface area contributed by atoms with E-state index < -0.39 is 0 Å². The minimum absolute atomic E-state index is 0.207. The number of hydrogen-bond donors (Lipinski definition) is 1. The summed E-state index contributed by atoms with van der Waals surface area (Å²) in [5, 5.41) is 0. The molecule has 2 rings (SSSR count). The van der Waals surface area contributed by atoms with Crippen LogP contribution in [0.2, 0.25) is 0 Å². The van der Waals surface area contributed by atoms with Crippen molar-refractivity contribution in [2.24, 2.45) is 5.73 Å². The molecule has 0 unspecified atom stereocenters. The quantitative estimate of drug-likeness (QED) is 0.930. The number of anilines is 1. The summed E-state index contributed by atoms with van der Waals surface area (Å²) in [5.74, 6) is -0.207. The molecule has 0 saturated heterocycles. The Balaban J connectivity index is 2.13. The lowest BCUT2D eigenvalue weighted by Crippen LogP contribution is -2.16. The predicted octanol–water partition coefficient (Wildman–Crippen LogP) is 3.68. The lowest BCUT2D eigenvalue weighted by Gasteiger charge is -2.20. The Bertz CT molecular complexity index is 555. The molecule has 0 heterocycles. The monoisotopic (exact) mass is 322 g/mol. The third-order valence-corrected chi connectivity index (χ3v) is 3.77. The second kappa shape index (κ2) is 6.17. The molecule has 0 radical (unpaired) electrons. The minimum Gasteiger partial charge on any atom is -0.370 e. The molecular weight excluding hydrogens is 307 g/mol. The van der Waals surface area contributed by atoms with Crippen molar-refractivity contribution < 1.29 is 4.39 Å². The number of halogens is 2. The molecule has 2 N–H and O–H groups in total. The van der Waals surface area contributed by atoms with Crippen LogP contribution in [-0.4, -0.2) is 7.05 Å². The van der Waals surface area contributed by atoms with Gasteiger partial charge in [0.25, 0.3) is 0 Å². The van der Waals surface area contributed by atoms with Crippen molar-refractivity contribution in [1.82, 2.24) is 0 Å². The van der Waals surface area contributed by atoms with E-state index in [2.05, 4.69) is 20.8 Å². The normalized spacial score (nSPS) is 10.5. The summed E-state index contributed by atoms with van der Waals surface area (Å²) >= 11 is 3.51. The van der Waals surface area contributed by atoms with Gasteiger partial charge in [-0.1, -0.05) is 34.1 Å². The maximum absolute atomic E-state index is 12.9. The van der Waals surface area contributed by atoms with Crippen LogP contribution in [0.1, 0.15) is 11.1 Å². The van der Waals surface area contributed by atoms with Crippen LogP contribution in [0.4, 0.5) is 10.1 Å². The van der Waals surface area contributed by atoms with Gasteiger partial charge in [0, 0.05) is 30.3 Å². The molecule has 0 atom stereocenters.